The van der Waals surface area contributed by atoms with E-state index in [4.69, 9.17) is 9.47 Å². The predicted molar refractivity (Wildman–Crippen MR) is 112 cm³/mol. The Hall–Kier alpha value is -2.04. The van der Waals surface area contributed by atoms with Gasteiger partial charge in [-0.2, -0.15) is 0 Å². The van der Waals surface area contributed by atoms with Crippen molar-refractivity contribution in [3.05, 3.63) is 35.7 Å². The minimum Gasteiger partial charge on any atom is -0.493 e. The molecule has 0 saturated heterocycles. The van der Waals surface area contributed by atoms with Crippen LogP contribution in [0.4, 0.5) is 0 Å². The van der Waals surface area contributed by atoms with Crippen molar-refractivity contribution in [3.63, 3.8) is 0 Å². The summed E-state index contributed by atoms with van der Waals surface area (Å²) in [7, 11) is 1.71. The number of aromatic nitrogens is 3. The Balaban J connectivity index is 1.64. The third kappa shape index (κ3) is 5.49. The van der Waals surface area contributed by atoms with E-state index in [1.54, 1.807) is 7.11 Å². The largest absolute Gasteiger partial charge is 0.493 e. The van der Waals surface area contributed by atoms with Gasteiger partial charge in [0.15, 0.2) is 11.5 Å². The van der Waals surface area contributed by atoms with E-state index in [9.17, 15) is 0 Å². The van der Waals surface area contributed by atoms with Crippen LogP contribution in [0.1, 0.15) is 88.9 Å². The molecule has 1 aliphatic carbocycles. The molecule has 1 unspecified atom stereocenters. The fraction of sp³-hybridized carbons (Fsp3) is 0.652. The summed E-state index contributed by atoms with van der Waals surface area (Å²) in [6.45, 7) is 4.38. The lowest BCUT2D eigenvalue weighted by molar-refractivity contribution is 0.149. The molecule has 1 saturated carbocycles. The number of hydrogen-bond acceptors (Lipinski definition) is 4. The first-order valence-electron chi connectivity index (χ1n) is 11.0. The lowest BCUT2D eigenvalue weighted by Gasteiger charge is -2.24. The molecule has 154 valence electrons. The zero-order chi connectivity index (χ0) is 19.8. The maximum Gasteiger partial charge on any atom is 0.161 e. The van der Waals surface area contributed by atoms with E-state index in [0.717, 1.165) is 42.0 Å². The van der Waals surface area contributed by atoms with E-state index in [0.29, 0.717) is 6.10 Å². The van der Waals surface area contributed by atoms with Crippen molar-refractivity contribution in [1.29, 1.82) is 0 Å². The highest BCUT2D eigenvalue weighted by atomic mass is 16.5. The molecule has 1 aromatic carbocycles. The molecule has 1 fully saturated rings. The Bertz CT molecular complexity index is 722. The molecular weight excluding hydrogens is 350 g/mol. The van der Waals surface area contributed by atoms with Crippen molar-refractivity contribution in [2.45, 2.75) is 90.2 Å². The molecule has 0 bridgehead atoms. The number of methoxy groups -OCH3 is 1. The van der Waals surface area contributed by atoms with Crippen molar-refractivity contribution >= 4 is 0 Å². The molecule has 28 heavy (non-hydrogen) atoms. The van der Waals surface area contributed by atoms with Gasteiger partial charge in [-0.05, 0) is 63.1 Å². The number of aryl methyl sites for hydroxylation is 1. The highest BCUT2D eigenvalue weighted by molar-refractivity contribution is 5.44. The highest BCUT2D eigenvalue weighted by Gasteiger charge is 2.18. The molecule has 0 N–H and O–H groups in total. The average Bonchev–Trinajstić information content (AvgIpc) is 3.21. The predicted octanol–water partition coefficient (Wildman–Crippen LogP) is 5.73. The molecule has 0 spiro atoms. The van der Waals surface area contributed by atoms with E-state index in [1.165, 1.54) is 44.9 Å². The maximum absolute atomic E-state index is 6.23. The van der Waals surface area contributed by atoms with Crippen LogP contribution in [-0.4, -0.2) is 28.2 Å². The number of nitrogens with zero attached hydrogens (tertiary/aromatic N) is 3. The van der Waals surface area contributed by atoms with Crippen molar-refractivity contribution < 1.29 is 9.47 Å². The Morgan fingerprint density at radius 2 is 1.93 bits per heavy atom. The monoisotopic (exact) mass is 385 g/mol. The smallest absolute Gasteiger partial charge is 0.161 e. The van der Waals surface area contributed by atoms with E-state index < -0.39 is 0 Å². The van der Waals surface area contributed by atoms with Gasteiger partial charge in [0.05, 0.1) is 24.9 Å². The molecule has 5 heteroatoms. The van der Waals surface area contributed by atoms with E-state index in [1.807, 2.05) is 10.7 Å². The van der Waals surface area contributed by atoms with Gasteiger partial charge in [0.25, 0.3) is 0 Å². The number of ether oxygens (including phenoxy) is 2. The lowest BCUT2D eigenvalue weighted by Crippen LogP contribution is -2.20. The Morgan fingerprint density at radius 1 is 1.11 bits per heavy atom. The van der Waals surface area contributed by atoms with Crippen molar-refractivity contribution in [3.8, 4) is 11.5 Å². The first-order chi connectivity index (χ1) is 13.7. The molecule has 1 heterocycles. The van der Waals surface area contributed by atoms with Crippen LogP contribution < -0.4 is 9.47 Å². The van der Waals surface area contributed by atoms with Crippen LogP contribution in [0, 0.1) is 0 Å². The zero-order valence-electron chi connectivity index (χ0n) is 17.7. The molecule has 1 atom stereocenters. The second-order valence-electron chi connectivity index (χ2n) is 7.96. The average molecular weight is 386 g/mol. The molecule has 0 amide bonds. The lowest BCUT2D eigenvalue weighted by atomic mass is 9.98. The minimum atomic E-state index is 0.106. The number of unbranched alkanes of at least 4 members (excludes halogenated alkanes) is 3. The molecule has 0 aliphatic heterocycles. The van der Waals surface area contributed by atoms with Gasteiger partial charge in [-0.25, -0.2) is 4.68 Å². The molecule has 1 aliphatic rings. The van der Waals surface area contributed by atoms with Crippen molar-refractivity contribution in [2.24, 2.45) is 0 Å². The number of benzene rings is 1. The molecule has 5 nitrogen and oxygen atoms in total. The standard InChI is InChI=1S/C23H35N3O2/c1-4-5-6-8-11-20-17-26(25-24-20)18(2)19-14-15-22(23(16-19)27-3)28-21-12-9-7-10-13-21/h14-18,21H,4-13H2,1-3H3. The minimum absolute atomic E-state index is 0.106. The van der Waals surface area contributed by atoms with Crippen LogP contribution in [0.25, 0.3) is 0 Å². The summed E-state index contributed by atoms with van der Waals surface area (Å²) >= 11 is 0. The van der Waals surface area contributed by atoms with Gasteiger partial charge >= 0.3 is 0 Å². The van der Waals surface area contributed by atoms with Gasteiger partial charge in [0.1, 0.15) is 0 Å². The van der Waals surface area contributed by atoms with Crippen LogP contribution in [0.5, 0.6) is 11.5 Å². The van der Waals surface area contributed by atoms with Crippen molar-refractivity contribution in [1.82, 2.24) is 15.0 Å². The summed E-state index contributed by atoms with van der Waals surface area (Å²) in [6, 6.07) is 6.34. The summed E-state index contributed by atoms with van der Waals surface area (Å²) in [5, 5.41) is 8.71. The van der Waals surface area contributed by atoms with E-state index >= 15 is 0 Å². The fourth-order valence-electron chi connectivity index (χ4n) is 3.91. The van der Waals surface area contributed by atoms with E-state index in [2.05, 4.69) is 42.5 Å². The second kappa shape index (κ2) is 10.5. The quantitative estimate of drug-likeness (QED) is 0.490. The van der Waals surface area contributed by atoms with E-state index in [-0.39, 0.29) is 6.04 Å². The SMILES string of the molecule is CCCCCCc1cn(C(C)c2ccc(OC3CCCCC3)c(OC)c2)nn1. The Labute approximate surface area is 169 Å². The van der Waals surface area contributed by atoms with Gasteiger partial charge in [-0.1, -0.05) is 43.9 Å². The van der Waals surface area contributed by atoms with Crippen LogP contribution >= 0.6 is 0 Å². The van der Waals surface area contributed by atoms with Crippen LogP contribution in [0.3, 0.4) is 0 Å². The van der Waals surface area contributed by atoms with Gasteiger partial charge < -0.3 is 9.47 Å². The summed E-state index contributed by atoms with van der Waals surface area (Å²) in [4.78, 5) is 0. The second-order valence-corrected chi connectivity index (χ2v) is 7.96. The van der Waals surface area contributed by atoms with Crippen molar-refractivity contribution in [2.75, 3.05) is 7.11 Å². The summed E-state index contributed by atoms with van der Waals surface area (Å²) in [5.41, 5.74) is 2.22. The third-order valence-electron chi connectivity index (χ3n) is 5.76. The normalized spacial score (nSPS) is 16.1. The van der Waals surface area contributed by atoms with Gasteiger partial charge in [0.2, 0.25) is 0 Å². The van der Waals surface area contributed by atoms with Crippen LogP contribution in [0.2, 0.25) is 0 Å². The topological polar surface area (TPSA) is 49.2 Å². The summed E-state index contributed by atoms with van der Waals surface area (Å²) in [5.74, 6) is 1.65. The first kappa shape index (κ1) is 20.7. The van der Waals surface area contributed by atoms with Crippen LogP contribution in [0.15, 0.2) is 24.4 Å². The summed E-state index contributed by atoms with van der Waals surface area (Å²) in [6.07, 6.45) is 14.5. The highest BCUT2D eigenvalue weighted by Crippen LogP contribution is 2.34. The summed E-state index contributed by atoms with van der Waals surface area (Å²) < 4.78 is 13.8. The molecule has 2 aromatic rings. The molecule has 3 rings (SSSR count). The number of rotatable bonds is 10. The Kier molecular flexibility index (Phi) is 7.75. The molecule has 0 radical (unpaired) electrons. The van der Waals surface area contributed by atoms with Gasteiger partial charge in [-0.15, -0.1) is 5.10 Å². The first-order valence-corrected chi connectivity index (χ1v) is 11.0. The maximum atomic E-state index is 6.23. The zero-order valence-corrected chi connectivity index (χ0v) is 17.7. The van der Waals surface area contributed by atoms with Crippen LogP contribution in [-0.2, 0) is 6.42 Å². The molecule has 1 aromatic heterocycles. The van der Waals surface area contributed by atoms with Gasteiger partial charge in [0, 0.05) is 6.20 Å². The van der Waals surface area contributed by atoms with Gasteiger partial charge in [-0.3, -0.25) is 0 Å². The molecular formula is C23H35N3O2. The fourth-order valence-corrected chi connectivity index (χ4v) is 3.91. The third-order valence-corrected chi connectivity index (χ3v) is 5.76. The Morgan fingerprint density at radius 3 is 2.68 bits per heavy atom. The number of hydrogen-bond donors (Lipinski definition) is 0.